The van der Waals surface area contributed by atoms with Crippen molar-refractivity contribution in [2.24, 2.45) is 11.8 Å². The summed E-state index contributed by atoms with van der Waals surface area (Å²) in [4.78, 5) is 15.1. The van der Waals surface area contributed by atoms with Crippen LogP contribution in [-0.2, 0) is 0 Å². The van der Waals surface area contributed by atoms with Gasteiger partial charge < -0.3 is 4.90 Å². The van der Waals surface area contributed by atoms with Crippen molar-refractivity contribution in [2.45, 2.75) is 25.2 Å². The van der Waals surface area contributed by atoms with Crippen molar-refractivity contribution in [3.63, 3.8) is 0 Å². The summed E-state index contributed by atoms with van der Waals surface area (Å²) in [5, 5.41) is 0.505. The summed E-state index contributed by atoms with van der Waals surface area (Å²) in [5.74, 6) is 1.25. The fourth-order valence-corrected chi connectivity index (χ4v) is 2.77. The Morgan fingerprint density at radius 2 is 2.22 bits per heavy atom. The van der Waals surface area contributed by atoms with E-state index in [2.05, 4.69) is 26.5 Å². The maximum absolute atomic E-state index is 12.4. The lowest BCUT2D eigenvalue weighted by Gasteiger charge is -2.19. The topological polar surface area (TPSA) is 20.3 Å². The normalized spacial score (nSPS) is 19.6. The number of carbonyl (C=O) groups is 1. The van der Waals surface area contributed by atoms with E-state index in [1.165, 1.54) is 0 Å². The standard InChI is InChI=1S/C14H18ClNOS/c1-9(2)10-5-6-16(8-10)14(17)12-7-11(18)3-4-13(12)15/h3-4,7,9-10,18H,5-6,8H2,1-2H3. The summed E-state index contributed by atoms with van der Waals surface area (Å²) in [7, 11) is 0. The van der Waals surface area contributed by atoms with E-state index in [9.17, 15) is 4.79 Å². The van der Waals surface area contributed by atoms with Crippen LogP contribution in [0.5, 0.6) is 0 Å². The van der Waals surface area contributed by atoms with Gasteiger partial charge >= 0.3 is 0 Å². The zero-order chi connectivity index (χ0) is 13.3. The molecule has 1 atom stereocenters. The van der Waals surface area contributed by atoms with Crippen molar-refractivity contribution in [3.8, 4) is 0 Å². The molecule has 1 saturated heterocycles. The molecule has 0 spiro atoms. The molecule has 0 N–H and O–H groups in total. The summed E-state index contributed by atoms with van der Waals surface area (Å²) in [5.41, 5.74) is 0.563. The molecule has 1 unspecified atom stereocenters. The van der Waals surface area contributed by atoms with Gasteiger partial charge in [-0.2, -0.15) is 0 Å². The highest BCUT2D eigenvalue weighted by molar-refractivity contribution is 7.80. The monoisotopic (exact) mass is 283 g/mol. The fraction of sp³-hybridized carbons (Fsp3) is 0.500. The second-order valence-corrected chi connectivity index (χ2v) is 6.13. The molecule has 0 aromatic heterocycles. The van der Waals surface area contributed by atoms with Gasteiger partial charge in [0.2, 0.25) is 0 Å². The lowest BCUT2D eigenvalue weighted by Crippen LogP contribution is -2.29. The zero-order valence-corrected chi connectivity index (χ0v) is 12.3. The largest absolute Gasteiger partial charge is 0.338 e. The van der Waals surface area contributed by atoms with Crippen molar-refractivity contribution < 1.29 is 4.79 Å². The molecule has 1 aromatic rings. The summed E-state index contributed by atoms with van der Waals surface area (Å²) < 4.78 is 0. The van der Waals surface area contributed by atoms with Crippen LogP contribution in [0.4, 0.5) is 0 Å². The summed E-state index contributed by atoms with van der Waals surface area (Å²) >= 11 is 10.3. The highest BCUT2D eigenvalue weighted by Crippen LogP contribution is 2.27. The average molecular weight is 284 g/mol. The summed E-state index contributed by atoms with van der Waals surface area (Å²) in [6.07, 6.45) is 1.08. The van der Waals surface area contributed by atoms with Gasteiger partial charge in [-0.1, -0.05) is 25.4 Å². The molecule has 2 nitrogen and oxygen atoms in total. The van der Waals surface area contributed by atoms with Gasteiger partial charge in [0.25, 0.3) is 5.91 Å². The number of nitrogens with zero attached hydrogens (tertiary/aromatic N) is 1. The molecule has 98 valence electrons. The summed E-state index contributed by atoms with van der Waals surface area (Å²) in [6.45, 7) is 6.08. The van der Waals surface area contributed by atoms with E-state index in [1.807, 2.05) is 4.90 Å². The molecule has 4 heteroatoms. The van der Waals surface area contributed by atoms with Crippen LogP contribution >= 0.6 is 24.2 Å². The van der Waals surface area contributed by atoms with Crippen molar-refractivity contribution in [3.05, 3.63) is 28.8 Å². The van der Waals surface area contributed by atoms with Gasteiger partial charge in [0.15, 0.2) is 0 Å². The van der Waals surface area contributed by atoms with Crippen LogP contribution < -0.4 is 0 Å². The molecule has 0 radical (unpaired) electrons. The number of hydrogen-bond donors (Lipinski definition) is 1. The van der Waals surface area contributed by atoms with E-state index in [4.69, 9.17) is 11.6 Å². The Hall–Kier alpha value is -0.670. The predicted octanol–water partition coefficient (Wildman–Crippen LogP) is 3.75. The van der Waals surface area contributed by atoms with E-state index in [-0.39, 0.29) is 5.91 Å². The molecule has 1 aliphatic rings. The van der Waals surface area contributed by atoms with Crippen molar-refractivity contribution in [1.29, 1.82) is 0 Å². The number of likely N-dealkylation sites (tertiary alicyclic amines) is 1. The number of rotatable bonds is 2. The van der Waals surface area contributed by atoms with Crippen LogP contribution in [0.25, 0.3) is 0 Å². The highest BCUT2D eigenvalue weighted by atomic mass is 35.5. The van der Waals surface area contributed by atoms with Gasteiger partial charge in [-0.15, -0.1) is 12.6 Å². The Labute approximate surface area is 119 Å². The fourth-order valence-electron chi connectivity index (χ4n) is 2.36. The molecule has 1 amide bonds. The van der Waals surface area contributed by atoms with Gasteiger partial charge in [0.05, 0.1) is 10.6 Å². The Balaban J connectivity index is 2.15. The Morgan fingerprint density at radius 1 is 1.50 bits per heavy atom. The highest BCUT2D eigenvalue weighted by Gasteiger charge is 2.29. The minimum Gasteiger partial charge on any atom is -0.338 e. The van der Waals surface area contributed by atoms with Gasteiger partial charge in [0.1, 0.15) is 0 Å². The lowest BCUT2D eigenvalue weighted by atomic mass is 9.95. The first kappa shape index (κ1) is 13.8. The number of benzene rings is 1. The predicted molar refractivity (Wildman–Crippen MR) is 77.6 cm³/mol. The van der Waals surface area contributed by atoms with Crippen LogP contribution in [0.3, 0.4) is 0 Å². The molecule has 0 aliphatic carbocycles. The first-order chi connectivity index (χ1) is 8.49. The maximum Gasteiger partial charge on any atom is 0.255 e. The average Bonchev–Trinajstić information content (AvgIpc) is 2.81. The minimum absolute atomic E-state index is 0.0269. The van der Waals surface area contributed by atoms with Gasteiger partial charge in [-0.25, -0.2) is 0 Å². The van der Waals surface area contributed by atoms with Crippen LogP contribution in [0.1, 0.15) is 30.6 Å². The SMILES string of the molecule is CC(C)C1CCN(C(=O)c2cc(S)ccc2Cl)C1. The number of halogens is 1. The molecule has 1 aromatic carbocycles. The minimum atomic E-state index is 0.0269. The van der Waals surface area contributed by atoms with Crippen LogP contribution in [0.15, 0.2) is 23.1 Å². The number of hydrogen-bond acceptors (Lipinski definition) is 2. The van der Waals surface area contributed by atoms with E-state index in [0.717, 1.165) is 24.4 Å². The number of amides is 1. The van der Waals surface area contributed by atoms with Gasteiger partial charge in [0, 0.05) is 18.0 Å². The molecular formula is C14H18ClNOS. The third-order valence-electron chi connectivity index (χ3n) is 3.64. The molecule has 2 rings (SSSR count). The van der Waals surface area contributed by atoms with Gasteiger partial charge in [-0.3, -0.25) is 4.79 Å². The van der Waals surface area contributed by atoms with E-state index in [0.29, 0.717) is 22.4 Å². The zero-order valence-electron chi connectivity index (χ0n) is 10.7. The third kappa shape index (κ3) is 2.83. The molecule has 1 fully saturated rings. The molecular weight excluding hydrogens is 266 g/mol. The Morgan fingerprint density at radius 3 is 2.83 bits per heavy atom. The third-order valence-corrected chi connectivity index (χ3v) is 4.24. The maximum atomic E-state index is 12.4. The first-order valence-electron chi connectivity index (χ1n) is 6.27. The lowest BCUT2D eigenvalue weighted by molar-refractivity contribution is 0.0784. The van der Waals surface area contributed by atoms with Crippen molar-refractivity contribution in [1.82, 2.24) is 4.90 Å². The second kappa shape index (κ2) is 5.54. The molecule has 1 aliphatic heterocycles. The van der Waals surface area contributed by atoms with E-state index in [1.54, 1.807) is 18.2 Å². The van der Waals surface area contributed by atoms with Crippen LogP contribution in [0, 0.1) is 11.8 Å². The van der Waals surface area contributed by atoms with E-state index >= 15 is 0 Å². The van der Waals surface area contributed by atoms with Crippen molar-refractivity contribution >= 4 is 30.1 Å². The Kier molecular flexibility index (Phi) is 4.23. The summed E-state index contributed by atoms with van der Waals surface area (Å²) in [6, 6.07) is 5.27. The molecule has 0 saturated carbocycles. The number of carbonyl (C=O) groups excluding carboxylic acids is 1. The second-order valence-electron chi connectivity index (χ2n) is 5.21. The van der Waals surface area contributed by atoms with Crippen LogP contribution in [-0.4, -0.2) is 23.9 Å². The first-order valence-corrected chi connectivity index (χ1v) is 7.09. The van der Waals surface area contributed by atoms with E-state index < -0.39 is 0 Å². The smallest absolute Gasteiger partial charge is 0.255 e. The molecule has 1 heterocycles. The Bertz CT molecular complexity index is 461. The van der Waals surface area contributed by atoms with Gasteiger partial charge in [-0.05, 0) is 36.5 Å². The van der Waals surface area contributed by atoms with Crippen molar-refractivity contribution in [2.75, 3.05) is 13.1 Å². The molecule has 18 heavy (non-hydrogen) atoms. The molecule has 0 bridgehead atoms. The van der Waals surface area contributed by atoms with Crippen LogP contribution in [0.2, 0.25) is 5.02 Å². The quantitative estimate of drug-likeness (QED) is 0.820. The number of thiol groups is 1.